The Morgan fingerprint density at radius 2 is 1.83 bits per heavy atom. The molecule has 0 saturated carbocycles. The van der Waals surface area contributed by atoms with Gasteiger partial charge in [0.05, 0.1) is 11.1 Å². The van der Waals surface area contributed by atoms with Gasteiger partial charge < -0.3 is 4.74 Å². The Hall–Kier alpha value is -2.72. The highest BCUT2D eigenvalue weighted by Gasteiger charge is 2.39. The highest BCUT2D eigenvalue weighted by atomic mass is 79.9. The van der Waals surface area contributed by atoms with Gasteiger partial charge in [0.15, 0.2) is 0 Å². The molecule has 1 aliphatic heterocycles. The highest BCUT2D eigenvalue weighted by molar-refractivity contribution is 9.10. The van der Waals surface area contributed by atoms with E-state index in [-0.39, 0.29) is 11.4 Å². The number of nitrogens with zero attached hydrogens (tertiary/aromatic N) is 2. The molecule has 3 aromatic rings. The van der Waals surface area contributed by atoms with Crippen molar-refractivity contribution in [1.29, 1.82) is 0 Å². The fourth-order valence-corrected chi connectivity index (χ4v) is 5.78. The van der Waals surface area contributed by atoms with Gasteiger partial charge >= 0.3 is 0 Å². The van der Waals surface area contributed by atoms with Gasteiger partial charge in [0.2, 0.25) is 10.0 Å². The first-order valence-electron chi connectivity index (χ1n) is 10.9. The molecular weight excluding hydrogens is 554 g/mol. The Balaban J connectivity index is 1.41. The number of halogens is 2. The van der Waals surface area contributed by atoms with Crippen molar-refractivity contribution in [3.8, 4) is 5.75 Å². The van der Waals surface area contributed by atoms with Crippen LogP contribution >= 0.6 is 27.5 Å². The van der Waals surface area contributed by atoms with Crippen LogP contribution in [0.15, 0.2) is 87.3 Å². The first-order chi connectivity index (χ1) is 16.8. The van der Waals surface area contributed by atoms with E-state index in [0.29, 0.717) is 35.8 Å². The van der Waals surface area contributed by atoms with E-state index >= 15 is 0 Å². The average Bonchev–Trinajstić information content (AvgIpc) is 3.36. The van der Waals surface area contributed by atoms with Crippen molar-refractivity contribution in [3.63, 3.8) is 0 Å². The lowest BCUT2D eigenvalue weighted by Gasteiger charge is -2.22. The van der Waals surface area contributed by atoms with Gasteiger partial charge in [-0.25, -0.2) is 13.8 Å². The Morgan fingerprint density at radius 3 is 2.57 bits per heavy atom. The van der Waals surface area contributed by atoms with E-state index in [4.69, 9.17) is 16.3 Å². The van der Waals surface area contributed by atoms with E-state index in [1.165, 1.54) is 34.8 Å². The van der Waals surface area contributed by atoms with E-state index in [2.05, 4.69) is 26.5 Å². The summed E-state index contributed by atoms with van der Waals surface area (Å²) in [5.41, 5.74) is 4.18. The number of sulfonamides is 1. The Morgan fingerprint density at radius 1 is 1.11 bits per heavy atom. The summed E-state index contributed by atoms with van der Waals surface area (Å²) in [6.45, 7) is 0.642. The number of hydrogen-bond acceptors (Lipinski definition) is 5. The number of amides is 1. The van der Waals surface area contributed by atoms with Crippen molar-refractivity contribution < 1.29 is 17.9 Å². The van der Waals surface area contributed by atoms with E-state index in [0.717, 1.165) is 10.0 Å². The fraction of sp³-hybridized carbons (Fsp3) is 0.200. The monoisotopic (exact) mass is 575 g/mol. The predicted molar refractivity (Wildman–Crippen MR) is 139 cm³/mol. The second-order valence-electron chi connectivity index (χ2n) is 7.91. The largest absolute Gasteiger partial charge is 0.488 e. The van der Waals surface area contributed by atoms with Crippen molar-refractivity contribution in [1.82, 2.24) is 9.73 Å². The third-order valence-corrected chi connectivity index (χ3v) is 8.23. The molecular formula is C25H23BrClN3O4S. The van der Waals surface area contributed by atoms with Gasteiger partial charge in [-0.05, 0) is 66.9 Å². The van der Waals surface area contributed by atoms with Crippen LogP contribution in [0.25, 0.3) is 0 Å². The van der Waals surface area contributed by atoms with E-state index < -0.39 is 22.0 Å². The zero-order valence-electron chi connectivity index (χ0n) is 18.6. The minimum absolute atomic E-state index is 0.0990. The first-order valence-corrected chi connectivity index (χ1v) is 13.5. The topological polar surface area (TPSA) is 88.1 Å². The molecule has 0 radical (unpaired) electrons. The Bertz CT molecular complexity index is 1320. The zero-order valence-corrected chi connectivity index (χ0v) is 21.8. The molecule has 3 aromatic carbocycles. The van der Waals surface area contributed by atoms with E-state index in [1.807, 2.05) is 48.5 Å². The van der Waals surface area contributed by atoms with Gasteiger partial charge in [0, 0.05) is 21.6 Å². The number of benzene rings is 3. The molecule has 0 spiro atoms. The van der Waals surface area contributed by atoms with Crippen LogP contribution in [0.5, 0.6) is 5.75 Å². The lowest BCUT2D eigenvalue weighted by atomic mass is 10.2. The molecule has 1 N–H and O–H groups in total. The van der Waals surface area contributed by atoms with Crippen LogP contribution in [0.2, 0.25) is 5.02 Å². The summed E-state index contributed by atoms with van der Waals surface area (Å²) in [5.74, 6) is 0.130. The first kappa shape index (κ1) is 25.4. The number of rotatable bonds is 8. The predicted octanol–water partition coefficient (Wildman–Crippen LogP) is 4.98. The molecule has 0 aliphatic carbocycles. The summed E-state index contributed by atoms with van der Waals surface area (Å²) in [4.78, 5) is 12.9. The lowest BCUT2D eigenvalue weighted by Crippen LogP contribution is -2.44. The molecule has 0 unspecified atom stereocenters. The fourth-order valence-electron chi connectivity index (χ4n) is 3.73. The molecule has 1 amide bonds. The lowest BCUT2D eigenvalue weighted by molar-refractivity contribution is -0.124. The minimum atomic E-state index is -3.83. The van der Waals surface area contributed by atoms with Crippen molar-refractivity contribution in [2.24, 2.45) is 5.10 Å². The molecule has 1 saturated heterocycles. The number of hydrazone groups is 1. The number of para-hydroxylation sites is 1. The van der Waals surface area contributed by atoms with Crippen LogP contribution in [0.3, 0.4) is 0 Å². The number of hydrogen-bond donors (Lipinski definition) is 1. The molecule has 10 heteroatoms. The van der Waals surface area contributed by atoms with Gasteiger partial charge in [-0.3, -0.25) is 4.79 Å². The zero-order chi connectivity index (χ0) is 24.8. The van der Waals surface area contributed by atoms with E-state index in [1.54, 1.807) is 0 Å². The standard InChI is InChI=1S/C25H23BrClN3O4S/c26-20-9-7-18(8-10-20)17-34-24-6-2-1-4-19(24)16-28-29-25(31)23-5-3-15-30(23)35(32,33)22-13-11-21(27)12-14-22/h1-2,4,6-14,16,23H,3,5,15,17H2,(H,29,31)/b28-16-/t23-/m1/s1. The number of nitrogens with one attached hydrogen (secondary N) is 1. The maximum atomic E-state index is 13.1. The van der Waals surface area contributed by atoms with Crippen molar-refractivity contribution >= 4 is 49.7 Å². The second kappa shape index (κ2) is 11.3. The quantitative estimate of drug-likeness (QED) is 0.303. The molecule has 0 aromatic heterocycles. The van der Waals surface area contributed by atoms with Gasteiger partial charge in [-0.2, -0.15) is 9.41 Å². The summed E-state index contributed by atoms with van der Waals surface area (Å²) in [7, 11) is -3.83. The third kappa shape index (κ3) is 6.29. The second-order valence-corrected chi connectivity index (χ2v) is 11.2. The summed E-state index contributed by atoms with van der Waals surface area (Å²) in [6.07, 6.45) is 2.49. The Labute approximate surface area is 217 Å². The SMILES string of the molecule is O=C(N/N=C\c1ccccc1OCc1ccc(Br)cc1)[C@H]1CCCN1S(=O)(=O)c1ccc(Cl)cc1. The molecule has 1 atom stereocenters. The number of ether oxygens (including phenoxy) is 1. The maximum Gasteiger partial charge on any atom is 0.258 e. The maximum absolute atomic E-state index is 13.1. The average molecular weight is 577 g/mol. The van der Waals surface area contributed by atoms with Crippen LogP contribution in [0.1, 0.15) is 24.0 Å². The summed E-state index contributed by atoms with van der Waals surface area (Å²) >= 11 is 9.29. The molecule has 7 nitrogen and oxygen atoms in total. The number of carbonyl (C=O) groups is 1. The summed E-state index contributed by atoms with van der Waals surface area (Å²) in [6, 6.07) is 20.2. The number of carbonyl (C=O) groups excluding carboxylic acids is 1. The minimum Gasteiger partial charge on any atom is -0.488 e. The van der Waals surface area contributed by atoms with Crippen LogP contribution < -0.4 is 10.2 Å². The van der Waals surface area contributed by atoms with Gasteiger partial charge in [0.1, 0.15) is 18.4 Å². The molecule has 35 heavy (non-hydrogen) atoms. The van der Waals surface area contributed by atoms with Gasteiger partial charge in [-0.1, -0.05) is 51.8 Å². The Kier molecular flexibility index (Phi) is 8.22. The molecule has 4 rings (SSSR count). The molecule has 1 fully saturated rings. The smallest absolute Gasteiger partial charge is 0.258 e. The molecule has 0 bridgehead atoms. The normalized spacial score (nSPS) is 16.5. The summed E-state index contributed by atoms with van der Waals surface area (Å²) < 4.78 is 34.2. The highest BCUT2D eigenvalue weighted by Crippen LogP contribution is 2.27. The summed E-state index contributed by atoms with van der Waals surface area (Å²) in [5, 5.41) is 4.50. The molecule has 1 aliphatic rings. The van der Waals surface area contributed by atoms with Crippen LogP contribution in [-0.2, 0) is 21.4 Å². The van der Waals surface area contributed by atoms with E-state index in [9.17, 15) is 13.2 Å². The van der Waals surface area contributed by atoms with Crippen molar-refractivity contribution in [2.75, 3.05) is 6.54 Å². The van der Waals surface area contributed by atoms with Gasteiger partial charge in [0.25, 0.3) is 5.91 Å². The van der Waals surface area contributed by atoms with Crippen molar-refractivity contribution in [2.45, 2.75) is 30.4 Å². The van der Waals surface area contributed by atoms with Crippen LogP contribution in [0.4, 0.5) is 0 Å². The van der Waals surface area contributed by atoms with Crippen LogP contribution in [0, 0.1) is 0 Å². The molecule has 1 heterocycles. The molecule has 182 valence electrons. The van der Waals surface area contributed by atoms with Crippen molar-refractivity contribution in [3.05, 3.63) is 93.4 Å². The third-order valence-electron chi connectivity index (χ3n) is 5.53. The van der Waals surface area contributed by atoms with Gasteiger partial charge in [-0.15, -0.1) is 0 Å². The van der Waals surface area contributed by atoms with Crippen LogP contribution in [-0.4, -0.2) is 37.4 Å².